The standard InChI is InChI=1S/C13H10N6OS.Na.H2O/c20-12-10-11(16-18-15-10)14-13-19(12)17-9(21-13)7-6-8-4-2-1-3-5-8;;/h1-5H,6-7H2,(H,15,16,18);;1H2. The molecule has 3 aromatic heterocycles. The molecule has 1 radical (unpaired) electrons. The van der Waals surface area contributed by atoms with Gasteiger partial charge in [0.05, 0.1) is 0 Å². The van der Waals surface area contributed by atoms with Gasteiger partial charge in [-0.05, 0) is 12.0 Å². The molecule has 4 rings (SSSR count). The van der Waals surface area contributed by atoms with Crippen LogP contribution in [0.5, 0.6) is 0 Å². The molecule has 1 aromatic carbocycles. The van der Waals surface area contributed by atoms with Crippen molar-refractivity contribution >= 4 is 57.0 Å². The maximum atomic E-state index is 12.2. The molecule has 0 atom stereocenters. The number of aryl methyl sites for hydroxylation is 2. The van der Waals surface area contributed by atoms with Gasteiger partial charge in [0.2, 0.25) is 10.6 Å². The number of H-pyrrole nitrogens is 1. The van der Waals surface area contributed by atoms with E-state index in [1.165, 1.54) is 21.4 Å². The van der Waals surface area contributed by atoms with Gasteiger partial charge in [-0.2, -0.15) is 19.8 Å². The van der Waals surface area contributed by atoms with Crippen molar-refractivity contribution in [2.75, 3.05) is 0 Å². The Balaban J connectivity index is 0.000000960. The summed E-state index contributed by atoms with van der Waals surface area (Å²) in [5.74, 6) is 0. The summed E-state index contributed by atoms with van der Waals surface area (Å²) in [6, 6.07) is 10.2. The van der Waals surface area contributed by atoms with Crippen LogP contribution < -0.4 is 5.56 Å². The Kier molecular flexibility index (Phi) is 5.60. The van der Waals surface area contributed by atoms with Crippen LogP contribution in [-0.4, -0.2) is 65.0 Å². The van der Waals surface area contributed by atoms with E-state index in [4.69, 9.17) is 0 Å². The van der Waals surface area contributed by atoms with E-state index >= 15 is 0 Å². The summed E-state index contributed by atoms with van der Waals surface area (Å²) < 4.78 is 1.30. The monoisotopic (exact) mass is 339 g/mol. The fourth-order valence-electron chi connectivity index (χ4n) is 2.16. The van der Waals surface area contributed by atoms with E-state index in [1.54, 1.807) is 0 Å². The summed E-state index contributed by atoms with van der Waals surface area (Å²) in [5, 5.41) is 15.3. The van der Waals surface area contributed by atoms with E-state index in [2.05, 4.69) is 37.6 Å². The molecule has 0 aliphatic carbocycles. The van der Waals surface area contributed by atoms with Gasteiger partial charge in [-0.1, -0.05) is 41.7 Å². The minimum absolute atomic E-state index is 0. The first-order valence-electron chi connectivity index (χ1n) is 6.44. The molecule has 0 aliphatic heterocycles. The van der Waals surface area contributed by atoms with Crippen LogP contribution in [0.2, 0.25) is 0 Å². The third-order valence-corrected chi connectivity index (χ3v) is 4.17. The first-order chi connectivity index (χ1) is 10.3. The summed E-state index contributed by atoms with van der Waals surface area (Å²) in [4.78, 5) is 17.0. The summed E-state index contributed by atoms with van der Waals surface area (Å²) in [7, 11) is 0. The van der Waals surface area contributed by atoms with Gasteiger partial charge in [-0.25, -0.2) is 0 Å². The average molecular weight is 339 g/mol. The largest absolute Gasteiger partial charge is 0.412 e. The van der Waals surface area contributed by atoms with Crippen LogP contribution >= 0.6 is 11.3 Å². The molecule has 3 heterocycles. The maximum Gasteiger partial charge on any atom is 0.305 e. The Morgan fingerprint density at radius 1 is 1.13 bits per heavy atom. The fourth-order valence-corrected chi connectivity index (χ4v) is 3.04. The van der Waals surface area contributed by atoms with E-state index in [9.17, 15) is 4.79 Å². The minimum atomic E-state index is -0.286. The zero-order valence-electron chi connectivity index (χ0n) is 12.4. The molecule has 0 fully saturated rings. The molecule has 0 aliphatic rings. The molecule has 3 N–H and O–H groups in total. The molecule has 0 spiro atoms. The predicted molar refractivity (Wildman–Crippen MR) is 87.8 cm³/mol. The van der Waals surface area contributed by atoms with Crippen molar-refractivity contribution in [3.05, 3.63) is 51.3 Å². The van der Waals surface area contributed by atoms with Crippen LogP contribution in [0.4, 0.5) is 0 Å². The van der Waals surface area contributed by atoms with Gasteiger partial charge >= 0.3 is 5.56 Å². The third kappa shape index (κ3) is 3.33. The van der Waals surface area contributed by atoms with E-state index < -0.39 is 0 Å². The quantitative estimate of drug-likeness (QED) is 0.527. The number of aromatic nitrogens is 6. The Morgan fingerprint density at radius 2 is 1.91 bits per heavy atom. The molecule has 0 unspecified atom stereocenters. The van der Waals surface area contributed by atoms with Crippen molar-refractivity contribution in [1.82, 2.24) is 30.0 Å². The number of rotatable bonds is 3. The van der Waals surface area contributed by atoms with Crippen molar-refractivity contribution in [1.29, 1.82) is 0 Å². The van der Waals surface area contributed by atoms with Crippen LogP contribution in [0.15, 0.2) is 35.1 Å². The zero-order valence-corrected chi connectivity index (χ0v) is 15.2. The summed E-state index contributed by atoms with van der Waals surface area (Å²) >= 11 is 1.41. The molecular formula is C13H12N6NaO2S. The first kappa shape index (κ1) is 17.7. The van der Waals surface area contributed by atoms with E-state index in [-0.39, 0.29) is 46.1 Å². The summed E-state index contributed by atoms with van der Waals surface area (Å²) in [5.41, 5.74) is 1.50. The topological polar surface area (TPSA) is 120 Å². The molecule has 0 amide bonds. The number of hydrogen-bond acceptors (Lipinski definition) is 6. The number of fused-ring (bicyclic) bond motifs is 2. The van der Waals surface area contributed by atoms with Crippen LogP contribution in [0, 0.1) is 0 Å². The van der Waals surface area contributed by atoms with E-state index in [1.807, 2.05) is 18.2 Å². The second-order valence-corrected chi connectivity index (χ2v) is 5.63. The average Bonchev–Trinajstić information content (AvgIpc) is 3.13. The van der Waals surface area contributed by atoms with Gasteiger partial charge in [0, 0.05) is 36.0 Å². The molecule has 113 valence electrons. The summed E-state index contributed by atoms with van der Waals surface area (Å²) in [6.07, 6.45) is 1.65. The smallest absolute Gasteiger partial charge is 0.305 e. The Labute approximate surface area is 156 Å². The van der Waals surface area contributed by atoms with Crippen molar-refractivity contribution < 1.29 is 5.48 Å². The second-order valence-electron chi connectivity index (χ2n) is 4.59. The van der Waals surface area contributed by atoms with Gasteiger partial charge < -0.3 is 5.48 Å². The van der Waals surface area contributed by atoms with Gasteiger partial charge in [-0.15, -0.1) is 10.2 Å². The molecule has 8 nitrogen and oxygen atoms in total. The van der Waals surface area contributed by atoms with Crippen LogP contribution in [-0.2, 0) is 12.8 Å². The van der Waals surface area contributed by atoms with Crippen LogP contribution in [0.3, 0.4) is 0 Å². The van der Waals surface area contributed by atoms with Gasteiger partial charge in [0.25, 0.3) is 0 Å². The number of benzene rings is 1. The summed E-state index contributed by atoms with van der Waals surface area (Å²) in [6.45, 7) is 0. The number of nitrogens with zero attached hydrogens (tertiary/aromatic N) is 5. The maximum absolute atomic E-state index is 12.2. The minimum Gasteiger partial charge on any atom is -0.412 e. The van der Waals surface area contributed by atoms with Crippen molar-refractivity contribution in [3.63, 3.8) is 0 Å². The van der Waals surface area contributed by atoms with Gasteiger partial charge in [0.15, 0.2) is 5.52 Å². The molecule has 0 saturated heterocycles. The molecule has 4 aromatic rings. The van der Waals surface area contributed by atoms with Crippen molar-refractivity contribution in [2.24, 2.45) is 0 Å². The van der Waals surface area contributed by atoms with Gasteiger partial charge in [-0.3, -0.25) is 4.79 Å². The molecule has 10 heteroatoms. The molecule has 0 saturated carbocycles. The molecule has 23 heavy (non-hydrogen) atoms. The number of aromatic amines is 1. The predicted octanol–water partition coefficient (Wildman–Crippen LogP) is 0.00200. The zero-order chi connectivity index (χ0) is 14.2. The SMILES string of the molecule is O.O=c1c2n[nH]nc2nc2sc(CCc3ccccc3)nn12.[Na]. The second kappa shape index (κ2) is 7.28. The Morgan fingerprint density at radius 3 is 2.70 bits per heavy atom. The van der Waals surface area contributed by atoms with Crippen LogP contribution in [0.1, 0.15) is 10.6 Å². The normalized spacial score (nSPS) is 10.4. The van der Waals surface area contributed by atoms with Crippen molar-refractivity contribution in [3.8, 4) is 0 Å². The number of nitrogens with one attached hydrogen (secondary N) is 1. The fraction of sp³-hybridized carbons (Fsp3) is 0.154. The van der Waals surface area contributed by atoms with Gasteiger partial charge in [0.1, 0.15) is 5.01 Å². The van der Waals surface area contributed by atoms with Crippen molar-refractivity contribution in [2.45, 2.75) is 12.8 Å². The number of hydrogen-bond donors (Lipinski definition) is 1. The van der Waals surface area contributed by atoms with Crippen LogP contribution in [0.25, 0.3) is 16.1 Å². The Bertz CT molecular complexity index is 980. The Hall–Kier alpha value is -1.65. The van der Waals surface area contributed by atoms with E-state index in [0.717, 1.165) is 17.8 Å². The first-order valence-corrected chi connectivity index (χ1v) is 7.26. The van der Waals surface area contributed by atoms with E-state index in [0.29, 0.717) is 10.6 Å². The third-order valence-electron chi connectivity index (χ3n) is 3.20. The molecular weight excluding hydrogens is 327 g/mol. The molecule has 0 bridgehead atoms.